The molecule has 1 heterocycles. The van der Waals surface area contributed by atoms with Gasteiger partial charge in [-0.15, -0.1) is 11.3 Å². The van der Waals surface area contributed by atoms with E-state index in [1.54, 1.807) is 6.20 Å². The van der Waals surface area contributed by atoms with Gasteiger partial charge in [0.15, 0.2) is 5.78 Å². The molecule has 1 aromatic carbocycles. The van der Waals surface area contributed by atoms with Crippen molar-refractivity contribution in [2.24, 2.45) is 5.92 Å². The van der Waals surface area contributed by atoms with E-state index in [1.165, 1.54) is 11.3 Å². The van der Waals surface area contributed by atoms with Gasteiger partial charge in [-0.2, -0.15) is 0 Å². The molecule has 1 aromatic heterocycles. The normalized spacial score (nSPS) is 22.6. The number of thiazole rings is 1. The number of nitrogens with zero attached hydrogens (tertiary/aromatic N) is 1. The maximum atomic E-state index is 12.4. The summed E-state index contributed by atoms with van der Waals surface area (Å²) < 4.78 is 0. The summed E-state index contributed by atoms with van der Waals surface area (Å²) in [5.41, 5.74) is 1.05. The minimum atomic E-state index is -0.222. The second-order valence-corrected chi connectivity index (χ2v) is 6.30. The minimum absolute atomic E-state index is 0.0578. The lowest BCUT2D eigenvalue weighted by Crippen LogP contribution is -2.23. The van der Waals surface area contributed by atoms with Crippen LogP contribution in [0.25, 0.3) is 10.6 Å². The standard InChI is InChI=1S/C16H17NO2S/c18-13-8-6-11(7-9-13)15(19)14-10-17-16(20-14)12-4-2-1-3-5-12/h1-5,10-11,13,18H,6-9H2. The Morgan fingerprint density at radius 1 is 1.15 bits per heavy atom. The Labute approximate surface area is 122 Å². The first-order valence-electron chi connectivity index (χ1n) is 6.97. The highest BCUT2D eigenvalue weighted by Gasteiger charge is 2.27. The van der Waals surface area contributed by atoms with E-state index >= 15 is 0 Å². The van der Waals surface area contributed by atoms with Gasteiger partial charge < -0.3 is 5.11 Å². The van der Waals surface area contributed by atoms with Gasteiger partial charge in [-0.3, -0.25) is 4.79 Å². The largest absolute Gasteiger partial charge is 0.393 e. The Bertz CT molecular complexity index is 586. The van der Waals surface area contributed by atoms with Crippen molar-refractivity contribution in [2.45, 2.75) is 31.8 Å². The van der Waals surface area contributed by atoms with Crippen LogP contribution in [0.5, 0.6) is 0 Å². The van der Waals surface area contributed by atoms with Crippen molar-refractivity contribution < 1.29 is 9.90 Å². The van der Waals surface area contributed by atoms with Crippen LogP contribution < -0.4 is 0 Å². The van der Waals surface area contributed by atoms with Crippen molar-refractivity contribution >= 4 is 17.1 Å². The number of rotatable bonds is 3. The SMILES string of the molecule is O=C(c1cnc(-c2ccccc2)s1)C1CCC(O)CC1. The molecule has 1 aliphatic rings. The van der Waals surface area contributed by atoms with Gasteiger partial charge in [0.05, 0.1) is 11.0 Å². The van der Waals surface area contributed by atoms with Crippen LogP contribution in [0.15, 0.2) is 36.5 Å². The maximum absolute atomic E-state index is 12.4. The van der Waals surface area contributed by atoms with Crippen LogP contribution in [0.3, 0.4) is 0 Å². The van der Waals surface area contributed by atoms with Crippen molar-refractivity contribution in [1.82, 2.24) is 4.98 Å². The zero-order valence-electron chi connectivity index (χ0n) is 11.2. The smallest absolute Gasteiger partial charge is 0.177 e. The molecule has 0 amide bonds. The van der Waals surface area contributed by atoms with Gasteiger partial charge in [-0.1, -0.05) is 30.3 Å². The van der Waals surface area contributed by atoms with Gasteiger partial charge in [0.1, 0.15) is 5.01 Å². The molecule has 2 aromatic rings. The van der Waals surface area contributed by atoms with Crippen molar-refractivity contribution in [2.75, 3.05) is 0 Å². The Balaban J connectivity index is 1.75. The van der Waals surface area contributed by atoms with E-state index in [1.807, 2.05) is 30.3 Å². The Morgan fingerprint density at radius 3 is 2.55 bits per heavy atom. The quantitative estimate of drug-likeness (QED) is 0.878. The van der Waals surface area contributed by atoms with Crippen LogP contribution in [0.1, 0.15) is 35.4 Å². The molecule has 0 saturated heterocycles. The summed E-state index contributed by atoms with van der Waals surface area (Å²) in [7, 11) is 0. The Morgan fingerprint density at radius 2 is 1.85 bits per heavy atom. The summed E-state index contributed by atoms with van der Waals surface area (Å²) in [6.07, 6.45) is 4.53. The van der Waals surface area contributed by atoms with Crippen molar-refractivity contribution in [3.8, 4) is 10.6 Å². The number of aromatic nitrogens is 1. The summed E-state index contributed by atoms with van der Waals surface area (Å²) >= 11 is 1.47. The van der Waals surface area contributed by atoms with E-state index in [-0.39, 0.29) is 17.8 Å². The lowest BCUT2D eigenvalue weighted by atomic mass is 9.84. The molecule has 0 atom stereocenters. The second kappa shape index (κ2) is 5.85. The van der Waals surface area contributed by atoms with Gasteiger partial charge in [0.25, 0.3) is 0 Å². The molecule has 0 unspecified atom stereocenters. The molecule has 0 bridgehead atoms. The monoisotopic (exact) mass is 287 g/mol. The first-order chi connectivity index (χ1) is 9.74. The van der Waals surface area contributed by atoms with Crippen LogP contribution in [-0.2, 0) is 0 Å². The fourth-order valence-electron chi connectivity index (χ4n) is 2.64. The molecule has 0 aliphatic heterocycles. The van der Waals surface area contributed by atoms with Crippen LogP contribution in [0.2, 0.25) is 0 Å². The van der Waals surface area contributed by atoms with Crippen LogP contribution in [0.4, 0.5) is 0 Å². The summed E-state index contributed by atoms with van der Waals surface area (Å²) in [6.45, 7) is 0. The Kier molecular flexibility index (Phi) is 3.94. The lowest BCUT2D eigenvalue weighted by molar-refractivity contribution is 0.0768. The fraction of sp³-hybridized carbons (Fsp3) is 0.375. The van der Waals surface area contributed by atoms with Gasteiger partial charge in [0.2, 0.25) is 0 Å². The van der Waals surface area contributed by atoms with E-state index in [9.17, 15) is 9.90 Å². The van der Waals surface area contributed by atoms with Gasteiger partial charge in [-0.05, 0) is 25.7 Å². The molecule has 104 valence electrons. The Hall–Kier alpha value is -1.52. The topological polar surface area (TPSA) is 50.2 Å². The summed E-state index contributed by atoms with van der Waals surface area (Å²) in [4.78, 5) is 17.5. The highest BCUT2D eigenvalue weighted by atomic mass is 32.1. The van der Waals surface area contributed by atoms with Crippen molar-refractivity contribution in [3.63, 3.8) is 0 Å². The van der Waals surface area contributed by atoms with Gasteiger partial charge >= 0.3 is 0 Å². The highest BCUT2D eigenvalue weighted by molar-refractivity contribution is 7.17. The number of carbonyl (C=O) groups excluding carboxylic acids is 1. The van der Waals surface area contributed by atoms with E-state index in [2.05, 4.69) is 4.98 Å². The van der Waals surface area contributed by atoms with Crippen LogP contribution in [-0.4, -0.2) is 22.0 Å². The summed E-state index contributed by atoms with van der Waals surface area (Å²) in [5.74, 6) is 0.249. The molecule has 1 saturated carbocycles. The lowest BCUT2D eigenvalue weighted by Gasteiger charge is -2.23. The number of benzene rings is 1. The summed E-state index contributed by atoms with van der Waals surface area (Å²) in [6, 6.07) is 9.92. The van der Waals surface area contributed by atoms with E-state index < -0.39 is 0 Å². The van der Waals surface area contributed by atoms with Crippen molar-refractivity contribution in [1.29, 1.82) is 0 Å². The third-order valence-electron chi connectivity index (χ3n) is 3.84. The molecular weight excluding hydrogens is 270 g/mol. The maximum Gasteiger partial charge on any atom is 0.177 e. The zero-order chi connectivity index (χ0) is 13.9. The molecule has 20 heavy (non-hydrogen) atoms. The molecule has 3 nitrogen and oxygen atoms in total. The van der Waals surface area contributed by atoms with Crippen molar-refractivity contribution in [3.05, 3.63) is 41.4 Å². The fourth-order valence-corrected chi connectivity index (χ4v) is 3.58. The number of Topliss-reactive ketones (excluding diaryl/α,β-unsaturated/α-hetero) is 1. The van der Waals surface area contributed by atoms with Crippen LogP contribution in [0, 0.1) is 5.92 Å². The third kappa shape index (κ3) is 2.81. The molecule has 0 spiro atoms. The predicted octanol–water partition coefficient (Wildman–Crippen LogP) is 3.54. The molecule has 1 N–H and O–H groups in total. The molecular formula is C16H17NO2S. The number of carbonyl (C=O) groups is 1. The average molecular weight is 287 g/mol. The van der Waals surface area contributed by atoms with Gasteiger partial charge in [0, 0.05) is 17.7 Å². The zero-order valence-corrected chi connectivity index (χ0v) is 12.0. The second-order valence-electron chi connectivity index (χ2n) is 5.27. The first kappa shape index (κ1) is 13.5. The third-order valence-corrected chi connectivity index (χ3v) is 4.90. The van der Waals surface area contributed by atoms with E-state index in [0.717, 1.165) is 41.1 Å². The number of ketones is 1. The first-order valence-corrected chi connectivity index (χ1v) is 7.79. The number of hydrogen-bond donors (Lipinski definition) is 1. The highest BCUT2D eigenvalue weighted by Crippen LogP contribution is 2.31. The van der Waals surface area contributed by atoms with Crippen LogP contribution >= 0.6 is 11.3 Å². The number of aliphatic hydroxyl groups excluding tert-OH is 1. The van der Waals surface area contributed by atoms with E-state index in [4.69, 9.17) is 0 Å². The molecule has 1 aliphatic carbocycles. The molecule has 1 fully saturated rings. The summed E-state index contributed by atoms with van der Waals surface area (Å²) in [5, 5.41) is 10.4. The molecule has 3 rings (SSSR count). The number of hydrogen-bond acceptors (Lipinski definition) is 4. The average Bonchev–Trinajstić information content (AvgIpc) is 2.98. The predicted molar refractivity (Wildman–Crippen MR) is 79.8 cm³/mol. The number of aliphatic hydroxyl groups is 1. The molecule has 0 radical (unpaired) electrons. The molecule has 4 heteroatoms. The minimum Gasteiger partial charge on any atom is -0.393 e. The van der Waals surface area contributed by atoms with Gasteiger partial charge in [-0.25, -0.2) is 4.98 Å². The van der Waals surface area contributed by atoms with E-state index in [0.29, 0.717) is 0 Å².